The highest BCUT2D eigenvalue weighted by Gasteiger charge is 2.34. The molecule has 3 nitrogen and oxygen atoms in total. The van der Waals surface area contributed by atoms with E-state index >= 15 is 0 Å². The number of rotatable bonds is 2. The average Bonchev–Trinajstić information content (AvgIpc) is 2.49. The van der Waals surface area contributed by atoms with Crippen LogP contribution in [0.2, 0.25) is 0 Å². The van der Waals surface area contributed by atoms with E-state index in [0.717, 1.165) is 24.5 Å². The first kappa shape index (κ1) is 13.1. The van der Waals surface area contributed by atoms with Gasteiger partial charge >= 0.3 is 0 Å². The van der Waals surface area contributed by atoms with E-state index in [4.69, 9.17) is 0 Å². The van der Waals surface area contributed by atoms with E-state index in [1.807, 2.05) is 18.2 Å². The van der Waals surface area contributed by atoms with E-state index in [2.05, 4.69) is 9.88 Å². The summed E-state index contributed by atoms with van der Waals surface area (Å²) in [6.07, 6.45) is 3.01. The first-order valence-electron chi connectivity index (χ1n) is 6.82. The smallest absolute Gasteiger partial charge is 0.128 e. The van der Waals surface area contributed by atoms with Crippen molar-refractivity contribution in [1.29, 1.82) is 0 Å². The van der Waals surface area contributed by atoms with Gasteiger partial charge in [0.2, 0.25) is 0 Å². The summed E-state index contributed by atoms with van der Waals surface area (Å²) in [7, 11) is 0. The lowest BCUT2D eigenvalue weighted by Gasteiger charge is -2.39. The van der Waals surface area contributed by atoms with E-state index in [1.165, 1.54) is 12.1 Å². The third kappa shape index (κ3) is 2.51. The second kappa shape index (κ2) is 5.21. The lowest BCUT2D eigenvalue weighted by atomic mass is 9.84. The molecule has 0 saturated carbocycles. The minimum Gasteiger partial charge on any atom is -0.385 e. The van der Waals surface area contributed by atoms with Crippen LogP contribution < -0.4 is 4.90 Å². The molecule has 3 rings (SSSR count). The van der Waals surface area contributed by atoms with Gasteiger partial charge in [0.05, 0.1) is 5.60 Å². The number of halogens is 1. The average molecular weight is 272 g/mol. The van der Waals surface area contributed by atoms with Crippen LogP contribution in [0.5, 0.6) is 0 Å². The summed E-state index contributed by atoms with van der Waals surface area (Å²) < 4.78 is 13.0. The number of nitrogens with zero attached hydrogens (tertiary/aromatic N) is 2. The summed E-state index contributed by atoms with van der Waals surface area (Å²) in [5.41, 5.74) is -0.0709. The van der Waals surface area contributed by atoms with Crippen molar-refractivity contribution < 1.29 is 9.50 Å². The Labute approximate surface area is 117 Å². The van der Waals surface area contributed by atoms with Crippen molar-refractivity contribution in [3.8, 4) is 0 Å². The molecule has 0 spiro atoms. The number of aromatic nitrogens is 1. The van der Waals surface area contributed by atoms with Crippen LogP contribution in [-0.4, -0.2) is 23.2 Å². The monoisotopic (exact) mass is 272 g/mol. The molecule has 4 heteroatoms. The molecule has 2 heterocycles. The van der Waals surface area contributed by atoms with Crippen LogP contribution in [0.15, 0.2) is 48.7 Å². The third-order valence-electron chi connectivity index (χ3n) is 3.95. The summed E-state index contributed by atoms with van der Waals surface area (Å²) >= 11 is 0. The standard InChI is InChI=1S/C16H17FN2O/c17-14-6-4-13(5-7-14)16(20)8-11-19(12-9-16)15-3-1-2-10-18-15/h1-7,10,20H,8-9,11-12H2. The highest BCUT2D eigenvalue weighted by atomic mass is 19.1. The molecule has 0 radical (unpaired) electrons. The SMILES string of the molecule is OC1(c2ccc(F)cc2)CCN(c2ccccn2)CC1. The van der Waals surface area contributed by atoms with E-state index in [0.29, 0.717) is 12.8 Å². The topological polar surface area (TPSA) is 36.4 Å². The van der Waals surface area contributed by atoms with E-state index in [-0.39, 0.29) is 5.82 Å². The predicted molar refractivity (Wildman–Crippen MR) is 76.0 cm³/mol. The molecule has 0 aliphatic carbocycles. The lowest BCUT2D eigenvalue weighted by molar-refractivity contribution is 0.0116. The molecule has 0 unspecified atom stereocenters. The Kier molecular flexibility index (Phi) is 3.40. The fraction of sp³-hybridized carbons (Fsp3) is 0.312. The minimum atomic E-state index is -0.862. The zero-order chi connectivity index (χ0) is 14.0. The molecule has 0 bridgehead atoms. The normalized spacial score (nSPS) is 18.0. The molecular weight excluding hydrogens is 255 g/mol. The minimum absolute atomic E-state index is 0.275. The molecule has 0 amide bonds. The Hall–Kier alpha value is -1.94. The van der Waals surface area contributed by atoms with Gasteiger partial charge in [0.15, 0.2) is 0 Å². The molecule has 104 valence electrons. The van der Waals surface area contributed by atoms with Crippen molar-refractivity contribution in [2.24, 2.45) is 0 Å². The van der Waals surface area contributed by atoms with Gasteiger partial charge in [-0.1, -0.05) is 18.2 Å². The van der Waals surface area contributed by atoms with Gasteiger partial charge in [-0.15, -0.1) is 0 Å². The zero-order valence-corrected chi connectivity index (χ0v) is 11.2. The van der Waals surface area contributed by atoms with E-state index in [9.17, 15) is 9.50 Å². The fourth-order valence-electron chi connectivity index (χ4n) is 2.70. The summed E-state index contributed by atoms with van der Waals surface area (Å²) in [6, 6.07) is 12.0. The zero-order valence-electron chi connectivity index (χ0n) is 11.2. The van der Waals surface area contributed by atoms with Gasteiger partial charge < -0.3 is 10.0 Å². The van der Waals surface area contributed by atoms with Crippen molar-refractivity contribution >= 4 is 5.82 Å². The molecule has 1 N–H and O–H groups in total. The quantitative estimate of drug-likeness (QED) is 0.913. The molecular formula is C16H17FN2O. The Morgan fingerprint density at radius 1 is 1.05 bits per heavy atom. The van der Waals surface area contributed by atoms with Crippen LogP contribution in [0.25, 0.3) is 0 Å². The number of pyridine rings is 1. The summed E-state index contributed by atoms with van der Waals surface area (Å²) in [5.74, 6) is 0.664. The maximum atomic E-state index is 13.0. The molecule has 1 aliphatic rings. The third-order valence-corrected chi connectivity index (χ3v) is 3.95. The number of benzene rings is 1. The Balaban J connectivity index is 1.73. The number of anilines is 1. The number of piperidine rings is 1. The van der Waals surface area contributed by atoms with E-state index in [1.54, 1.807) is 18.3 Å². The molecule has 1 saturated heterocycles. The second-order valence-corrected chi connectivity index (χ2v) is 5.21. The largest absolute Gasteiger partial charge is 0.385 e. The molecule has 2 aromatic rings. The number of hydrogen-bond acceptors (Lipinski definition) is 3. The van der Waals surface area contributed by atoms with Gasteiger partial charge in [0.25, 0.3) is 0 Å². The van der Waals surface area contributed by atoms with Gasteiger partial charge in [0.1, 0.15) is 11.6 Å². The molecule has 1 fully saturated rings. The van der Waals surface area contributed by atoms with Crippen LogP contribution in [0.3, 0.4) is 0 Å². The van der Waals surface area contributed by atoms with Gasteiger partial charge in [0, 0.05) is 19.3 Å². The van der Waals surface area contributed by atoms with Gasteiger partial charge in [-0.25, -0.2) is 9.37 Å². The summed E-state index contributed by atoms with van der Waals surface area (Å²) in [6.45, 7) is 1.48. The Morgan fingerprint density at radius 3 is 2.35 bits per heavy atom. The van der Waals surface area contributed by atoms with Crippen molar-refractivity contribution in [3.63, 3.8) is 0 Å². The molecule has 20 heavy (non-hydrogen) atoms. The van der Waals surface area contributed by atoms with Crippen molar-refractivity contribution in [1.82, 2.24) is 4.98 Å². The Morgan fingerprint density at radius 2 is 1.75 bits per heavy atom. The molecule has 1 aliphatic heterocycles. The highest BCUT2D eigenvalue weighted by molar-refractivity contribution is 5.39. The van der Waals surface area contributed by atoms with Gasteiger partial charge in [-0.2, -0.15) is 0 Å². The second-order valence-electron chi connectivity index (χ2n) is 5.21. The first-order chi connectivity index (χ1) is 9.67. The maximum Gasteiger partial charge on any atom is 0.128 e. The maximum absolute atomic E-state index is 13.0. The van der Waals surface area contributed by atoms with Crippen molar-refractivity contribution in [2.75, 3.05) is 18.0 Å². The van der Waals surface area contributed by atoms with Crippen LogP contribution in [0.1, 0.15) is 18.4 Å². The van der Waals surface area contributed by atoms with Gasteiger partial charge in [-0.05, 0) is 42.7 Å². The first-order valence-corrected chi connectivity index (χ1v) is 6.82. The molecule has 1 aromatic heterocycles. The van der Waals surface area contributed by atoms with Crippen LogP contribution in [0.4, 0.5) is 10.2 Å². The summed E-state index contributed by atoms with van der Waals surface area (Å²) in [5, 5.41) is 10.7. The van der Waals surface area contributed by atoms with Crippen molar-refractivity contribution in [2.45, 2.75) is 18.4 Å². The molecule has 0 atom stereocenters. The summed E-state index contributed by atoms with van der Waals surface area (Å²) in [4.78, 5) is 6.49. The Bertz CT molecular complexity index is 563. The number of hydrogen-bond donors (Lipinski definition) is 1. The van der Waals surface area contributed by atoms with Gasteiger partial charge in [-0.3, -0.25) is 0 Å². The predicted octanol–water partition coefficient (Wildman–Crippen LogP) is 2.71. The van der Waals surface area contributed by atoms with E-state index < -0.39 is 5.60 Å². The fourth-order valence-corrected chi connectivity index (χ4v) is 2.70. The number of aliphatic hydroxyl groups is 1. The molecule has 1 aromatic carbocycles. The highest BCUT2D eigenvalue weighted by Crippen LogP contribution is 2.33. The van der Waals surface area contributed by atoms with Crippen molar-refractivity contribution in [3.05, 3.63) is 60.0 Å². The lowest BCUT2D eigenvalue weighted by Crippen LogP contribution is -2.42. The van der Waals surface area contributed by atoms with Crippen LogP contribution in [-0.2, 0) is 5.60 Å². The van der Waals surface area contributed by atoms with Crippen LogP contribution >= 0.6 is 0 Å². The van der Waals surface area contributed by atoms with Crippen LogP contribution in [0, 0.1) is 5.82 Å².